The Balaban J connectivity index is 3.08. The van der Waals surface area contributed by atoms with Crippen LogP contribution in [-0.4, -0.2) is 22.2 Å². The van der Waals surface area contributed by atoms with Crippen LogP contribution in [0.15, 0.2) is 18.3 Å². The number of aromatic carboxylic acids is 1. The molecule has 1 heterocycles. The van der Waals surface area contributed by atoms with Gasteiger partial charge in [-0.1, -0.05) is 0 Å². The third-order valence-electron chi connectivity index (χ3n) is 1.80. The van der Waals surface area contributed by atoms with E-state index in [2.05, 4.69) is 0 Å². The van der Waals surface area contributed by atoms with Gasteiger partial charge in [0.2, 0.25) is 6.54 Å². The number of aromatic nitrogens is 1. The molecule has 0 bridgehead atoms. The number of pyridine rings is 1. The van der Waals surface area contributed by atoms with E-state index in [1.165, 1.54) is 16.8 Å². The van der Waals surface area contributed by atoms with Gasteiger partial charge < -0.3 is 10.2 Å². The monoisotopic (exact) mass is 196 g/mol. The van der Waals surface area contributed by atoms with E-state index in [-0.39, 0.29) is 12.1 Å². The van der Waals surface area contributed by atoms with Crippen LogP contribution in [0.3, 0.4) is 0 Å². The van der Waals surface area contributed by atoms with Crippen molar-refractivity contribution in [2.45, 2.75) is 13.5 Å². The Morgan fingerprint density at radius 2 is 2.00 bits per heavy atom. The quantitative estimate of drug-likeness (QED) is 0.670. The number of aliphatic carboxylic acids is 1. The molecule has 0 amide bonds. The molecule has 1 aromatic rings. The average Bonchev–Trinajstić information content (AvgIpc) is 2.07. The van der Waals surface area contributed by atoms with Crippen molar-refractivity contribution < 1.29 is 24.4 Å². The van der Waals surface area contributed by atoms with Crippen LogP contribution in [0.4, 0.5) is 0 Å². The number of carboxylic acid groups (broad SMARTS) is 2. The molecule has 0 aromatic carbocycles. The number of hydrogen-bond donors (Lipinski definition) is 2. The van der Waals surface area contributed by atoms with E-state index in [1.54, 1.807) is 13.0 Å². The first-order valence-electron chi connectivity index (χ1n) is 3.96. The third kappa shape index (κ3) is 2.29. The van der Waals surface area contributed by atoms with Crippen molar-refractivity contribution in [3.63, 3.8) is 0 Å². The summed E-state index contributed by atoms with van der Waals surface area (Å²) in [5.41, 5.74) is 0.786. The fourth-order valence-electron chi connectivity index (χ4n) is 1.06. The highest BCUT2D eigenvalue weighted by atomic mass is 16.4. The molecule has 0 unspecified atom stereocenters. The summed E-state index contributed by atoms with van der Waals surface area (Å²) in [5, 5.41) is 17.2. The summed E-state index contributed by atoms with van der Waals surface area (Å²) in [4.78, 5) is 21.0. The predicted octanol–water partition coefficient (Wildman–Crippen LogP) is 0.0653. The minimum Gasteiger partial charge on any atom is -0.477 e. The first-order valence-corrected chi connectivity index (χ1v) is 3.96. The van der Waals surface area contributed by atoms with Gasteiger partial charge in [-0.3, -0.25) is 0 Å². The van der Waals surface area contributed by atoms with Gasteiger partial charge in [-0.05, 0) is 6.07 Å². The maximum atomic E-state index is 10.6. The molecule has 0 aliphatic heterocycles. The SMILES string of the molecule is Cc1ccc(C(=O)O)c[n+]1CC(=O)O. The maximum Gasteiger partial charge on any atom is 0.370 e. The van der Waals surface area contributed by atoms with Crippen LogP contribution in [0.5, 0.6) is 0 Å². The Kier molecular flexibility index (Phi) is 2.81. The van der Waals surface area contributed by atoms with Gasteiger partial charge in [0.25, 0.3) is 0 Å². The van der Waals surface area contributed by atoms with Crippen molar-refractivity contribution in [2.24, 2.45) is 0 Å². The Bertz CT molecular complexity index is 386. The molecule has 0 saturated heterocycles. The van der Waals surface area contributed by atoms with Gasteiger partial charge in [-0.2, -0.15) is 4.57 Å². The second kappa shape index (κ2) is 3.87. The summed E-state index contributed by atoms with van der Waals surface area (Å²) in [6.45, 7) is 1.49. The van der Waals surface area contributed by atoms with Crippen LogP contribution >= 0.6 is 0 Å². The molecule has 5 nitrogen and oxygen atoms in total. The van der Waals surface area contributed by atoms with Gasteiger partial charge in [0.15, 0.2) is 11.9 Å². The number of carbonyl (C=O) groups is 2. The summed E-state index contributed by atoms with van der Waals surface area (Å²) >= 11 is 0. The highest BCUT2D eigenvalue weighted by Gasteiger charge is 2.14. The summed E-state index contributed by atoms with van der Waals surface area (Å²) in [7, 11) is 0. The number of carboxylic acids is 2. The molecule has 14 heavy (non-hydrogen) atoms. The second-order valence-corrected chi connectivity index (χ2v) is 2.89. The number of nitrogens with zero attached hydrogens (tertiary/aromatic N) is 1. The topological polar surface area (TPSA) is 78.5 Å². The van der Waals surface area contributed by atoms with Gasteiger partial charge in [-0.15, -0.1) is 0 Å². The van der Waals surface area contributed by atoms with E-state index in [0.29, 0.717) is 5.69 Å². The fourth-order valence-corrected chi connectivity index (χ4v) is 1.06. The minimum atomic E-state index is -1.07. The second-order valence-electron chi connectivity index (χ2n) is 2.89. The molecule has 0 aliphatic carbocycles. The van der Waals surface area contributed by atoms with Crippen LogP contribution in [0, 0.1) is 6.92 Å². The molecule has 0 fully saturated rings. The van der Waals surface area contributed by atoms with Crippen molar-refractivity contribution in [2.75, 3.05) is 0 Å². The highest BCUT2D eigenvalue weighted by Crippen LogP contribution is 1.97. The first kappa shape index (κ1) is 10.2. The largest absolute Gasteiger partial charge is 0.477 e. The van der Waals surface area contributed by atoms with Gasteiger partial charge >= 0.3 is 11.9 Å². The van der Waals surface area contributed by atoms with E-state index in [4.69, 9.17) is 10.2 Å². The molecule has 0 radical (unpaired) electrons. The van der Waals surface area contributed by atoms with Gasteiger partial charge in [0.05, 0.1) is 0 Å². The predicted molar refractivity (Wildman–Crippen MR) is 46.0 cm³/mol. The van der Waals surface area contributed by atoms with Gasteiger partial charge in [-0.25, -0.2) is 9.59 Å². The average molecular weight is 196 g/mol. The van der Waals surface area contributed by atoms with Crippen LogP contribution in [0.2, 0.25) is 0 Å². The molecule has 5 heteroatoms. The van der Waals surface area contributed by atoms with E-state index >= 15 is 0 Å². The van der Waals surface area contributed by atoms with Gasteiger partial charge in [0, 0.05) is 13.0 Å². The molecule has 74 valence electrons. The van der Waals surface area contributed by atoms with Crippen LogP contribution < -0.4 is 4.57 Å². The standard InChI is InChI=1S/C9H9NO4/c1-6-2-3-7(9(13)14)4-10(6)5-8(11)12/h2-4H,5H2,1H3,(H-,11,12,13,14)/p+1. The Labute approximate surface area is 80.2 Å². The normalized spacial score (nSPS) is 9.79. The zero-order valence-electron chi connectivity index (χ0n) is 7.60. The first-order chi connectivity index (χ1) is 6.50. The highest BCUT2D eigenvalue weighted by molar-refractivity contribution is 5.86. The van der Waals surface area contributed by atoms with E-state index in [0.717, 1.165) is 0 Å². The molecule has 1 aromatic heterocycles. The molecule has 0 spiro atoms. The van der Waals surface area contributed by atoms with Crippen LogP contribution in [0.1, 0.15) is 16.1 Å². The Morgan fingerprint density at radius 3 is 2.50 bits per heavy atom. The molecular formula is C9H10NO4+. The summed E-state index contributed by atoms with van der Waals surface area (Å²) < 4.78 is 1.38. The van der Waals surface area contributed by atoms with E-state index in [9.17, 15) is 9.59 Å². The number of aryl methyl sites for hydroxylation is 1. The van der Waals surface area contributed by atoms with Crippen molar-refractivity contribution >= 4 is 11.9 Å². The molecule has 0 aliphatic rings. The zero-order valence-corrected chi connectivity index (χ0v) is 7.60. The lowest BCUT2D eigenvalue weighted by Gasteiger charge is -1.98. The molecular weight excluding hydrogens is 186 g/mol. The maximum absolute atomic E-state index is 10.6. The summed E-state index contributed by atoms with van der Waals surface area (Å²) in [6, 6.07) is 3.02. The minimum absolute atomic E-state index is 0.0804. The van der Waals surface area contributed by atoms with Gasteiger partial charge in [0.1, 0.15) is 5.56 Å². The van der Waals surface area contributed by atoms with Crippen molar-refractivity contribution in [3.05, 3.63) is 29.6 Å². The lowest BCUT2D eigenvalue weighted by atomic mass is 10.2. The third-order valence-corrected chi connectivity index (χ3v) is 1.80. The van der Waals surface area contributed by atoms with E-state index in [1.807, 2.05) is 0 Å². The van der Waals surface area contributed by atoms with Crippen LogP contribution in [0.25, 0.3) is 0 Å². The Hall–Kier alpha value is -1.91. The molecule has 0 saturated carbocycles. The zero-order chi connectivity index (χ0) is 10.7. The molecule has 2 N–H and O–H groups in total. The lowest BCUT2D eigenvalue weighted by Crippen LogP contribution is -2.41. The Morgan fingerprint density at radius 1 is 1.36 bits per heavy atom. The molecule has 0 atom stereocenters. The van der Waals surface area contributed by atoms with Crippen molar-refractivity contribution in [1.82, 2.24) is 0 Å². The number of rotatable bonds is 3. The number of hydrogen-bond acceptors (Lipinski definition) is 2. The van der Waals surface area contributed by atoms with E-state index < -0.39 is 11.9 Å². The van der Waals surface area contributed by atoms with Crippen molar-refractivity contribution in [1.29, 1.82) is 0 Å². The smallest absolute Gasteiger partial charge is 0.370 e. The summed E-state index contributed by atoms with van der Waals surface area (Å²) in [6.07, 6.45) is 1.31. The lowest BCUT2D eigenvalue weighted by molar-refractivity contribution is -0.691. The van der Waals surface area contributed by atoms with Crippen LogP contribution in [-0.2, 0) is 11.3 Å². The summed E-state index contributed by atoms with van der Waals surface area (Å²) in [5.74, 6) is -2.07. The fraction of sp³-hybridized carbons (Fsp3) is 0.222. The van der Waals surface area contributed by atoms with Crippen molar-refractivity contribution in [3.8, 4) is 0 Å². The molecule has 1 rings (SSSR count).